The van der Waals surface area contributed by atoms with Crippen LogP contribution < -0.4 is 5.32 Å². The summed E-state index contributed by atoms with van der Waals surface area (Å²) in [4.78, 5) is 10.9. The number of thiocarbonyl (C=S) groups is 1. The smallest absolute Gasteiger partial charge is 0.312 e. The lowest BCUT2D eigenvalue weighted by atomic mass is 10.4. The van der Waals surface area contributed by atoms with Crippen LogP contribution in [-0.2, 0) is 9.53 Å². The van der Waals surface area contributed by atoms with Gasteiger partial charge in [0.2, 0.25) is 0 Å². The van der Waals surface area contributed by atoms with E-state index in [1.807, 2.05) is 0 Å². The zero-order chi connectivity index (χ0) is 7.28. The van der Waals surface area contributed by atoms with Gasteiger partial charge in [0.1, 0.15) is 0 Å². The van der Waals surface area contributed by atoms with Crippen LogP contribution in [0.3, 0.4) is 0 Å². The molecule has 0 aromatic heterocycles. The van der Waals surface area contributed by atoms with Gasteiger partial charge in [0.25, 0.3) is 0 Å². The second-order valence-electron chi connectivity index (χ2n) is 1.43. The third kappa shape index (κ3) is 3.90. The van der Waals surface area contributed by atoms with Crippen LogP contribution in [0.4, 0.5) is 0 Å². The van der Waals surface area contributed by atoms with Crippen LogP contribution in [0.25, 0.3) is 0 Å². The molecule has 0 saturated carbocycles. The van der Waals surface area contributed by atoms with E-state index < -0.39 is 0 Å². The van der Waals surface area contributed by atoms with Gasteiger partial charge in [-0.1, -0.05) is 12.2 Å². The summed E-state index contributed by atoms with van der Waals surface area (Å²) in [5, 5.41) is 2.66. The minimum atomic E-state index is -0.311. The van der Waals surface area contributed by atoms with Gasteiger partial charge in [0.15, 0.2) is 0 Å². The molecule has 9 heavy (non-hydrogen) atoms. The first-order valence-corrected chi connectivity index (χ1v) is 2.89. The lowest BCUT2D eigenvalue weighted by Gasteiger charge is -1.98. The van der Waals surface area contributed by atoms with Gasteiger partial charge in [-0.3, -0.25) is 4.79 Å². The molecule has 0 aliphatic heterocycles. The van der Waals surface area contributed by atoms with E-state index in [2.05, 4.69) is 22.3 Å². The molecule has 0 saturated heterocycles. The highest BCUT2D eigenvalue weighted by Crippen LogP contribution is 1.84. The van der Waals surface area contributed by atoms with Crippen LogP contribution in [0.5, 0.6) is 0 Å². The topological polar surface area (TPSA) is 38.3 Å². The average Bonchev–Trinajstić information content (AvgIpc) is 1.87. The van der Waals surface area contributed by atoms with E-state index in [1.165, 1.54) is 7.11 Å². The molecule has 0 unspecified atom stereocenters. The van der Waals surface area contributed by atoms with Gasteiger partial charge in [-0.25, -0.2) is 0 Å². The summed E-state index contributed by atoms with van der Waals surface area (Å²) in [6.07, 6.45) is 0.169. The zero-order valence-electron chi connectivity index (χ0n) is 5.43. The number of esters is 1. The number of carbonyl (C=O) groups is 1. The normalized spacial score (nSPS) is 8.22. The largest absolute Gasteiger partial charge is 0.469 e. The number of ether oxygens (including phenoxy) is 1. The SMILES string of the molecule is CNC(=S)CC(=O)OC. The minimum Gasteiger partial charge on any atom is -0.469 e. The molecule has 0 spiro atoms. The van der Waals surface area contributed by atoms with Gasteiger partial charge in [-0.2, -0.15) is 0 Å². The van der Waals surface area contributed by atoms with Crippen LogP contribution in [0.1, 0.15) is 6.42 Å². The molecule has 0 aliphatic rings. The van der Waals surface area contributed by atoms with Crippen molar-refractivity contribution in [2.24, 2.45) is 0 Å². The highest BCUT2D eigenvalue weighted by molar-refractivity contribution is 7.80. The molecule has 0 radical (unpaired) electrons. The van der Waals surface area contributed by atoms with E-state index in [4.69, 9.17) is 0 Å². The zero-order valence-corrected chi connectivity index (χ0v) is 6.25. The van der Waals surface area contributed by atoms with Crippen LogP contribution in [0.15, 0.2) is 0 Å². The Bertz CT molecular complexity index is 110. The fraction of sp³-hybridized carbons (Fsp3) is 0.600. The van der Waals surface area contributed by atoms with Crippen molar-refractivity contribution in [1.29, 1.82) is 0 Å². The highest BCUT2D eigenvalue weighted by Gasteiger charge is 2.01. The molecule has 0 aromatic carbocycles. The maximum Gasteiger partial charge on any atom is 0.312 e. The summed E-state index contributed by atoms with van der Waals surface area (Å²) in [6, 6.07) is 0. The number of nitrogens with one attached hydrogen (secondary N) is 1. The average molecular weight is 147 g/mol. The van der Waals surface area contributed by atoms with E-state index in [9.17, 15) is 4.79 Å². The highest BCUT2D eigenvalue weighted by atomic mass is 32.1. The number of hydrogen-bond acceptors (Lipinski definition) is 3. The Labute approximate surface area is 59.4 Å². The Morgan fingerprint density at radius 2 is 2.33 bits per heavy atom. The summed E-state index contributed by atoms with van der Waals surface area (Å²) in [5.74, 6) is -0.311. The van der Waals surface area contributed by atoms with Crippen molar-refractivity contribution in [1.82, 2.24) is 5.32 Å². The van der Waals surface area contributed by atoms with Crippen molar-refractivity contribution in [3.05, 3.63) is 0 Å². The van der Waals surface area contributed by atoms with Crippen molar-refractivity contribution in [3.63, 3.8) is 0 Å². The van der Waals surface area contributed by atoms with E-state index >= 15 is 0 Å². The fourth-order valence-corrected chi connectivity index (χ4v) is 0.410. The Morgan fingerprint density at radius 1 is 1.78 bits per heavy atom. The molecule has 0 heterocycles. The van der Waals surface area contributed by atoms with Crippen molar-refractivity contribution >= 4 is 23.2 Å². The predicted octanol–water partition coefficient (Wildman–Crippen LogP) is 0.0963. The standard InChI is InChI=1S/C5H9NO2S/c1-6-4(9)3-5(7)8-2/h3H2,1-2H3,(H,6,9). The third-order valence-corrected chi connectivity index (χ3v) is 1.16. The molecule has 1 N–H and O–H groups in total. The van der Waals surface area contributed by atoms with Gasteiger partial charge in [0.05, 0.1) is 18.5 Å². The van der Waals surface area contributed by atoms with Crippen molar-refractivity contribution in [2.75, 3.05) is 14.2 Å². The summed E-state index contributed by atoms with van der Waals surface area (Å²) >= 11 is 4.69. The van der Waals surface area contributed by atoms with Crippen molar-refractivity contribution < 1.29 is 9.53 Å². The molecule has 0 aromatic rings. The van der Waals surface area contributed by atoms with Gasteiger partial charge < -0.3 is 10.1 Å². The molecule has 0 aliphatic carbocycles. The maximum atomic E-state index is 10.4. The number of hydrogen-bond donors (Lipinski definition) is 1. The number of methoxy groups -OCH3 is 1. The van der Waals surface area contributed by atoms with Gasteiger partial charge >= 0.3 is 5.97 Å². The molecule has 52 valence electrons. The number of rotatable bonds is 2. The third-order valence-electron chi connectivity index (χ3n) is 0.811. The molecule has 0 atom stereocenters. The first-order valence-electron chi connectivity index (χ1n) is 2.48. The first kappa shape index (κ1) is 8.36. The maximum absolute atomic E-state index is 10.4. The van der Waals surface area contributed by atoms with Crippen molar-refractivity contribution in [2.45, 2.75) is 6.42 Å². The summed E-state index contributed by atoms with van der Waals surface area (Å²) in [7, 11) is 3.01. The second-order valence-corrected chi connectivity index (χ2v) is 1.92. The lowest BCUT2D eigenvalue weighted by Crippen LogP contribution is -2.19. The quantitative estimate of drug-likeness (QED) is 0.444. The summed E-state index contributed by atoms with van der Waals surface area (Å²) in [5.41, 5.74) is 0. The Kier molecular flexibility index (Phi) is 3.96. The Morgan fingerprint density at radius 3 is 2.67 bits per heavy atom. The molecule has 0 bridgehead atoms. The van der Waals surface area contributed by atoms with E-state index in [1.54, 1.807) is 7.05 Å². The van der Waals surface area contributed by atoms with Crippen LogP contribution in [0.2, 0.25) is 0 Å². The minimum absolute atomic E-state index is 0.169. The summed E-state index contributed by atoms with van der Waals surface area (Å²) in [6.45, 7) is 0. The Hall–Kier alpha value is -0.640. The van der Waals surface area contributed by atoms with E-state index in [0.717, 1.165) is 0 Å². The van der Waals surface area contributed by atoms with Gasteiger partial charge in [-0.15, -0.1) is 0 Å². The van der Waals surface area contributed by atoms with Crippen molar-refractivity contribution in [3.8, 4) is 0 Å². The fourth-order valence-electron chi connectivity index (χ4n) is 0.292. The van der Waals surface area contributed by atoms with Crippen LogP contribution in [-0.4, -0.2) is 25.1 Å². The molecular weight excluding hydrogens is 138 g/mol. The van der Waals surface area contributed by atoms with E-state index in [-0.39, 0.29) is 12.4 Å². The summed E-state index contributed by atoms with van der Waals surface area (Å²) < 4.78 is 4.36. The molecule has 0 rings (SSSR count). The lowest BCUT2D eigenvalue weighted by molar-refractivity contribution is -0.139. The van der Waals surface area contributed by atoms with Gasteiger partial charge in [-0.05, 0) is 0 Å². The molecule has 3 nitrogen and oxygen atoms in total. The molecule has 4 heteroatoms. The van der Waals surface area contributed by atoms with E-state index in [0.29, 0.717) is 4.99 Å². The van der Waals surface area contributed by atoms with Gasteiger partial charge in [0, 0.05) is 7.05 Å². The van der Waals surface area contributed by atoms with Crippen LogP contribution in [0, 0.1) is 0 Å². The predicted molar refractivity (Wildman–Crippen MR) is 38.3 cm³/mol. The molecule has 0 amide bonds. The monoisotopic (exact) mass is 147 g/mol. The Balaban J connectivity index is 3.47. The number of carbonyl (C=O) groups excluding carboxylic acids is 1. The molecular formula is C5H9NO2S. The second kappa shape index (κ2) is 4.26. The van der Waals surface area contributed by atoms with Crippen LogP contribution >= 0.6 is 12.2 Å². The molecule has 0 fully saturated rings. The first-order chi connectivity index (χ1) is 4.20.